The van der Waals surface area contributed by atoms with E-state index in [1.54, 1.807) is 18.2 Å². The molecule has 0 spiro atoms. The van der Waals surface area contributed by atoms with Gasteiger partial charge in [-0.1, -0.05) is 15.9 Å². The molecule has 1 saturated heterocycles. The van der Waals surface area contributed by atoms with Crippen molar-refractivity contribution in [3.63, 3.8) is 0 Å². The molecule has 0 bridgehead atoms. The van der Waals surface area contributed by atoms with Crippen LogP contribution >= 0.6 is 15.9 Å². The molecule has 18 heavy (non-hydrogen) atoms. The van der Waals surface area contributed by atoms with Gasteiger partial charge in [-0.25, -0.2) is 0 Å². The second kappa shape index (κ2) is 4.96. The fourth-order valence-electron chi connectivity index (χ4n) is 1.98. The molecule has 0 radical (unpaired) electrons. The molecule has 0 aliphatic carbocycles. The number of halogens is 1. The summed E-state index contributed by atoms with van der Waals surface area (Å²) < 4.78 is 0.849. The zero-order valence-corrected chi connectivity index (χ0v) is 11.1. The summed E-state index contributed by atoms with van der Waals surface area (Å²) in [6.45, 7) is 1.16. The molecule has 1 aliphatic rings. The van der Waals surface area contributed by atoms with Crippen LogP contribution in [0.5, 0.6) is 0 Å². The van der Waals surface area contributed by atoms with E-state index in [0.717, 1.165) is 4.47 Å². The molecular formula is C12H12BrN3O2. The lowest BCUT2D eigenvalue weighted by Crippen LogP contribution is -2.65. The van der Waals surface area contributed by atoms with Crippen molar-refractivity contribution in [2.24, 2.45) is 0 Å². The van der Waals surface area contributed by atoms with Crippen molar-refractivity contribution in [1.29, 1.82) is 5.26 Å². The molecule has 6 heteroatoms. The van der Waals surface area contributed by atoms with Gasteiger partial charge < -0.3 is 15.7 Å². The minimum atomic E-state index is -0.850. The zero-order valence-electron chi connectivity index (χ0n) is 9.53. The Morgan fingerprint density at radius 1 is 1.61 bits per heavy atom. The van der Waals surface area contributed by atoms with Gasteiger partial charge in [-0.3, -0.25) is 4.79 Å². The molecule has 3 N–H and O–H groups in total. The highest BCUT2D eigenvalue weighted by Gasteiger charge is 2.39. The number of nitrogens with zero attached hydrogens (tertiary/aromatic N) is 1. The predicted octanol–water partition coefficient (Wildman–Crippen LogP) is 1.55. The van der Waals surface area contributed by atoms with Crippen LogP contribution in [0.1, 0.15) is 12.0 Å². The van der Waals surface area contributed by atoms with Crippen molar-refractivity contribution in [2.45, 2.75) is 12.0 Å². The smallest absolute Gasteiger partial charge is 0.305 e. The highest BCUT2D eigenvalue weighted by Crippen LogP contribution is 2.27. The Balaban J connectivity index is 2.25. The summed E-state index contributed by atoms with van der Waals surface area (Å²) in [5.74, 6) is -0.850. The number of carbonyl (C=O) groups is 1. The molecule has 1 aromatic carbocycles. The number of aliphatic carboxylic acids is 1. The van der Waals surface area contributed by atoms with E-state index in [0.29, 0.717) is 24.3 Å². The first kappa shape index (κ1) is 12.9. The van der Waals surface area contributed by atoms with Crippen LogP contribution < -0.4 is 10.6 Å². The Labute approximate surface area is 113 Å². The number of nitriles is 1. The van der Waals surface area contributed by atoms with Crippen molar-refractivity contribution in [1.82, 2.24) is 5.32 Å². The van der Waals surface area contributed by atoms with Crippen LogP contribution in [0, 0.1) is 11.3 Å². The molecule has 1 fully saturated rings. The lowest BCUT2D eigenvalue weighted by molar-refractivity contribution is -0.138. The van der Waals surface area contributed by atoms with Gasteiger partial charge in [-0.05, 0) is 18.2 Å². The first-order chi connectivity index (χ1) is 8.54. The first-order valence-corrected chi connectivity index (χ1v) is 6.24. The number of anilines is 1. The van der Waals surface area contributed by atoms with Crippen molar-refractivity contribution in [2.75, 3.05) is 18.4 Å². The number of benzene rings is 1. The van der Waals surface area contributed by atoms with Crippen molar-refractivity contribution < 1.29 is 9.90 Å². The summed E-state index contributed by atoms with van der Waals surface area (Å²) in [5, 5.41) is 24.2. The van der Waals surface area contributed by atoms with Gasteiger partial charge in [0.05, 0.1) is 23.2 Å². The molecular weight excluding hydrogens is 298 g/mol. The maximum Gasteiger partial charge on any atom is 0.305 e. The normalized spacial score (nSPS) is 16.4. The van der Waals surface area contributed by atoms with Crippen LogP contribution in [0.2, 0.25) is 0 Å². The number of hydrogen-bond acceptors (Lipinski definition) is 4. The average molecular weight is 310 g/mol. The van der Waals surface area contributed by atoms with E-state index < -0.39 is 11.5 Å². The van der Waals surface area contributed by atoms with Gasteiger partial charge >= 0.3 is 5.97 Å². The molecule has 0 saturated carbocycles. The highest BCUT2D eigenvalue weighted by molar-refractivity contribution is 9.10. The Hall–Kier alpha value is -1.58. The Bertz CT molecular complexity index is 521. The molecule has 0 aromatic heterocycles. The van der Waals surface area contributed by atoms with Gasteiger partial charge in [-0.2, -0.15) is 5.26 Å². The topological polar surface area (TPSA) is 85.2 Å². The third-order valence-corrected chi connectivity index (χ3v) is 3.41. The summed E-state index contributed by atoms with van der Waals surface area (Å²) in [6.07, 6.45) is 0.0252. The Morgan fingerprint density at radius 3 is 2.83 bits per heavy atom. The largest absolute Gasteiger partial charge is 0.481 e. The minimum Gasteiger partial charge on any atom is -0.481 e. The maximum absolute atomic E-state index is 10.9. The van der Waals surface area contributed by atoms with Crippen molar-refractivity contribution in [3.05, 3.63) is 28.2 Å². The van der Waals surface area contributed by atoms with Gasteiger partial charge in [0, 0.05) is 17.6 Å². The Kier molecular flexibility index (Phi) is 3.55. The summed E-state index contributed by atoms with van der Waals surface area (Å²) in [5.41, 5.74) is 0.669. The molecule has 2 rings (SSSR count). The van der Waals surface area contributed by atoms with Gasteiger partial charge in [-0.15, -0.1) is 0 Å². The van der Waals surface area contributed by atoms with Gasteiger partial charge in [0.25, 0.3) is 0 Å². The molecule has 1 aromatic rings. The minimum absolute atomic E-state index is 0.0252. The molecule has 1 aliphatic heterocycles. The van der Waals surface area contributed by atoms with Gasteiger partial charge in [0.2, 0.25) is 0 Å². The van der Waals surface area contributed by atoms with E-state index in [1.807, 2.05) is 0 Å². The summed E-state index contributed by atoms with van der Waals surface area (Å²) in [4.78, 5) is 10.9. The number of rotatable bonds is 4. The van der Waals surface area contributed by atoms with E-state index in [-0.39, 0.29) is 6.42 Å². The fraction of sp³-hybridized carbons (Fsp3) is 0.333. The van der Waals surface area contributed by atoms with Crippen molar-refractivity contribution >= 4 is 27.6 Å². The monoisotopic (exact) mass is 309 g/mol. The quantitative estimate of drug-likeness (QED) is 0.786. The third kappa shape index (κ3) is 2.63. The highest BCUT2D eigenvalue weighted by atomic mass is 79.9. The van der Waals surface area contributed by atoms with E-state index in [1.165, 1.54) is 0 Å². The SMILES string of the molecule is N#Cc1ccc(Br)cc1NC1(CC(=O)O)CNC1. The summed E-state index contributed by atoms with van der Waals surface area (Å²) >= 11 is 3.34. The van der Waals surface area contributed by atoms with E-state index in [2.05, 4.69) is 32.6 Å². The molecule has 94 valence electrons. The molecule has 0 atom stereocenters. The van der Waals surface area contributed by atoms with Crippen LogP contribution in [0.4, 0.5) is 5.69 Å². The zero-order chi connectivity index (χ0) is 13.2. The molecule has 0 amide bonds. The maximum atomic E-state index is 10.9. The van der Waals surface area contributed by atoms with Crippen LogP contribution in [-0.2, 0) is 4.79 Å². The predicted molar refractivity (Wildman–Crippen MR) is 70.3 cm³/mol. The lowest BCUT2D eigenvalue weighted by atomic mass is 9.88. The lowest BCUT2D eigenvalue weighted by Gasteiger charge is -2.43. The first-order valence-electron chi connectivity index (χ1n) is 5.45. The molecule has 5 nitrogen and oxygen atoms in total. The van der Waals surface area contributed by atoms with E-state index in [4.69, 9.17) is 10.4 Å². The fourth-order valence-corrected chi connectivity index (χ4v) is 2.34. The summed E-state index contributed by atoms with van der Waals surface area (Å²) in [7, 11) is 0. The van der Waals surface area contributed by atoms with E-state index >= 15 is 0 Å². The van der Waals surface area contributed by atoms with Gasteiger partial charge in [0.1, 0.15) is 6.07 Å². The van der Waals surface area contributed by atoms with Crippen LogP contribution in [0.15, 0.2) is 22.7 Å². The summed E-state index contributed by atoms with van der Waals surface area (Å²) in [6, 6.07) is 7.37. The second-order valence-electron chi connectivity index (χ2n) is 4.38. The standard InChI is InChI=1S/C12H12BrN3O2/c13-9-2-1-8(5-14)10(3-9)16-12(4-11(17)18)6-15-7-12/h1-3,15-16H,4,6-7H2,(H,17,18). The van der Waals surface area contributed by atoms with Gasteiger partial charge in [0.15, 0.2) is 0 Å². The van der Waals surface area contributed by atoms with Crippen LogP contribution in [-0.4, -0.2) is 29.7 Å². The molecule has 1 heterocycles. The van der Waals surface area contributed by atoms with E-state index in [9.17, 15) is 4.79 Å². The second-order valence-corrected chi connectivity index (χ2v) is 5.30. The number of carboxylic acids is 1. The third-order valence-electron chi connectivity index (χ3n) is 2.92. The number of hydrogen-bond donors (Lipinski definition) is 3. The van der Waals surface area contributed by atoms with Crippen LogP contribution in [0.25, 0.3) is 0 Å². The average Bonchev–Trinajstić information content (AvgIpc) is 2.26. The number of carboxylic acid groups (broad SMARTS) is 1. The Morgan fingerprint density at radius 2 is 2.33 bits per heavy atom. The number of nitrogens with one attached hydrogen (secondary N) is 2. The van der Waals surface area contributed by atoms with Crippen molar-refractivity contribution in [3.8, 4) is 6.07 Å². The van der Waals surface area contributed by atoms with Crippen LogP contribution in [0.3, 0.4) is 0 Å². The molecule has 0 unspecified atom stereocenters.